The van der Waals surface area contributed by atoms with Crippen LogP contribution >= 0.6 is 22.7 Å². The van der Waals surface area contributed by atoms with Crippen LogP contribution in [0.5, 0.6) is 0 Å². The minimum Gasteiger partial charge on any atom is -0.312 e. The van der Waals surface area contributed by atoms with Crippen LogP contribution in [-0.2, 0) is 6.54 Å². The Morgan fingerprint density at radius 3 is 3.06 bits per heavy atom. The van der Waals surface area contributed by atoms with E-state index in [1.165, 1.54) is 27.8 Å². The van der Waals surface area contributed by atoms with Crippen LogP contribution in [0.1, 0.15) is 31.1 Å². The van der Waals surface area contributed by atoms with Gasteiger partial charge in [0.1, 0.15) is 0 Å². The molecule has 1 atom stereocenters. The zero-order valence-electron chi connectivity index (χ0n) is 10.9. The van der Waals surface area contributed by atoms with Gasteiger partial charge in [-0.25, -0.2) is 0 Å². The maximum atomic E-state index is 3.82. The zero-order chi connectivity index (χ0) is 12.8. The van der Waals surface area contributed by atoms with E-state index in [2.05, 4.69) is 35.6 Å². The van der Waals surface area contributed by atoms with E-state index in [1.54, 1.807) is 11.3 Å². The molecule has 2 heterocycles. The van der Waals surface area contributed by atoms with Crippen molar-refractivity contribution in [3.05, 3.63) is 34.4 Å². The summed E-state index contributed by atoms with van der Waals surface area (Å²) in [6.45, 7) is 8.21. The molecule has 2 aromatic heterocycles. The minimum absolute atomic E-state index is 0.793. The van der Waals surface area contributed by atoms with Gasteiger partial charge < -0.3 is 5.32 Å². The van der Waals surface area contributed by atoms with Crippen LogP contribution in [0.15, 0.2) is 29.5 Å². The molecule has 0 aliphatic rings. The van der Waals surface area contributed by atoms with Crippen LogP contribution in [0.4, 0.5) is 0 Å². The summed E-state index contributed by atoms with van der Waals surface area (Å²) in [6.07, 6.45) is 5.69. The third-order valence-corrected chi connectivity index (χ3v) is 5.33. The summed E-state index contributed by atoms with van der Waals surface area (Å²) in [5.74, 6) is 0.793. The van der Waals surface area contributed by atoms with Crippen LogP contribution < -0.4 is 5.32 Å². The Morgan fingerprint density at radius 1 is 1.44 bits per heavy atom. The molecule has 3 heteroatoms. The van der Waals surface area contributed by atoms with E-state index in [0.717, 1.165) is 25.4 Å². The van der Waals surface area contributed by atoms with E-state index < -0.39 is 0 Å². The van der Waals surface area contributed by atoms with Gasteiger partial charge in [-0.2, -0.15) is 11.3 Å². The lowest BCUT2D eigenvalue weighted by Gasteiger charge is -2.12. The van der Waals surface area contributed by atoms with Gasteiger partial charge in [0.15, 0.2) is 0 Å². The first kappa shape index (κ1) is 13.8. The van der Waals surface area contributed by atoms with Gasteiger partial charge in [0.25, 0.3) is 0 Å². The molecule has 0 saturated carbocycles. The summed E-state index contributed by atoms with van der Waals surface area (Å²) in [5, 5.41) is 9.42. The molecule has 0 spiro atoms. The lowest BCUT2D eigenvalue weighted by molar-refractivity contribution is 0.456. The Hall–Kier alpha value is -0.640. The molecule has 2 aromatic rings. The van der Waals surface area contributed by atoms with Crippen LogP contribution in [0.3, 0.4) is 0 Å². The molecule has 0 bridgehead atoms. The molecule has 0 aliphatic heterocycles. The van der Waals surface area contributed by atoms with Crippen molar-refractivity contribution >= 4 is 32.8 Å². The first-order chi connectivity index (χ1) is 8.83. The Kier molecular flexibility index (Phi) is 5.42. The molecular formula is C15H21NS2. The van der Waals surface area contributed by atoms with Crippen molar-refractivity contribution in [3.8, 4) is 0 Å². The summed E-state index contributed by atoms with van der Waals surface area (Å²) < 4.78 is 1.43. The molecule has 1 N–H and O–H groups in total. The third-order valence-electron chi connectivity index (χ3n) is 3.32. The van der Waals surface area contributed by atoms with Crippen molar-refractivity contribution in [2.45, 2.75) is 32.7 Å². The molecule has 0 fully saturated rings. The number of hydrogen-bond donors (Lipinski definition) is 1. The van der Waals surface area contributed by atoms with Gasteiger partial charge in [0, 0.05) is 26.9 Å². The van der Waals surface area contributed by atoms with Gasteiger partial charge >= 0.3 is 0 Å². The fraction of sp³-hybridized carbons (Fsp3) is 0.467. The highest BCUT2D eigenvalue weighted by Gasteiger charge is 2.05. The molecule has 0 radical (unpaired) electrons. The highest BCUT2D eigenvalue weighted by atomic mass is 32.1. The molecule has 2 rings (SSSR count). The SMILES string of the molecule is C=CCC(CC)CCNCc1cc2cscc2s1. The summed E-state index contributed by atoms with van der Waals surface area (Å²) in [6, 6.07) is 2.31. The molecular weight excluding hydrogens is 258 g/mol. The number of fused-ring (bicyclic) bond motifs is 1. The molecule has 0 saturated heterocycles. The zero-order valence-corrected chi connectivity index (χ0v) is 12.6. The van der Waals surface area contributed by atoms with E-state index in [1.807, 2.05) is 17.4 Å². The normalized spacial score (nSPS) is 12.9. The van der Waals surface area contributed by atoms with Gasteiger partial charge in [0.2, 0.25) is 0 Å². The highest BCUT2D eigenvalue weighted by molar-refractivity contribution is 7.22. The van der Waals surface area contributed by atoms with Crippen LogP contribution in [0.25, 0.3) is 10.1 Å². The average molecular weight is 279 g/mol. The van der Waals surface area contributed by atoms with Gasteiger partial charge in [-0.05, 0) is 36.8 Å². The second-order valence-corrected chi connectivity index (χ2v) is 6.58. The second kappa shape index (κ2) is 7.07. The molecule has 0 aliphatic carbocycles. The predicted molar refractivity (Wildman–Crippen MR) is 84.6 cm³/mol. The largest absolute Gasteiger partial charge is 0.312 e. The van der Waals surface area contributed by atoms with Crippen LogP contribution in [-0.4, -0.2) is 6.54 Å². The van der Waals surface area contributed by atoms with E-state index >= 15 is 0 Å². The summed E-state index contributed by atoms with van der Waals surface area (Å²) in [4.78, 5) is 1.45. The molecule has 18 heavy (non-hydrogen) atoms. The molecule has 0 amide bonds. The number of nitrogens with one attached hydrogen (secondary N) is 1. The van der Waals surface area contributed by atoms with E-state index in [9.17, 15) is 0 Å². The lowest BCUT2D eigenvalue weighted by Crippen LogP contribution is -2.16. The topological polar surface area (TPSA) is 12.0 Å². The minimum atomic E-state index is 0.793. The van der Waals surface area contributed by atoms with Crippen molar-refractivity contribution in [1.82, 2.24) is 5.32 Å². The van der Waals surface area contributed by atoms with Crippen molar-refractivity contribution in [1.29, 1.82) is 0 Å². The van der Waals surface area contributed by atoms with E-state index in [-0.39, 0.29) is 0 Å². The fourth-order valence-corrected chi connectivity index (χ4v) is 4.14. The monoisotopic (exact) mass is 279 g/mol. The third kappa shape index (κ3) is 3.67. The summed E-state index contributed by atoms with van der Waals surface area (Å²) >= 11 is 3.70. The number of hydrogen-bond acceptors (Lipinski definition) is 3. The standard InChI is InChI=1S/C15H21NS2/c1-3-5-12(4-2)6-7-16-9-14-8-13-10-17-11-15(13)18-14/h3,8,10-12,16H,1,4-7,9H2,2H3. The van der Waals surface area contributed by atoms with Gasteiger partial charge in [-0.15, -0.1) is 17.9 Å². The van der Waals surface area contributed by atoms with E-state index in [4.69, 9.17) is 0 Å². The molecule has 98 valence electrons. The van der Waals surface area contributed by atoms with Gasteiger partial charge in [-0.1, -0.05) is 19.4 Å². The fourth-order valence-electron chi connectivity index (χ4n) is 2.16. The van der Waals surface area contributed by atoms with Gasteiger partial charge in [-0.3, -0.25) is 0 Å². The second-order valence-electron chi connectivity index (χ2n) is 4.67. The quantitative estimate of drug-likeness (QED) is 0.527. The van der Waals surface area contributed by atoms with Crippen LogP contribution in [0, 0.1) is 5.92 Å². The molecule has 1 unspecified atom stereocenters. The first-order valence-corrected chi connectivity index (χ1v) is 8.35. The van der Waals surface area contributed by atoms with Crippen LogP contribution in [0.2, 0.25) is 0 Å². The predicted octanol–water partition coefficient (Wildman–Crippen LogP) is 5.04. The van der Waals surface area contributed by atoms with Crippen molar-refractivity contribution < 1.29 is 0 Å². The van der Waals surface area contributed by atoms with Crippen molar-refractivity contribution in [3.63, 3.8) is 0 Å². The van der Waals surface area contributed by atoms with Crippen molar-refractivity contribution in [2.75, 3.05) is 6.54 Å². The maximum absolute atomic E-state index is 3.82. The molecule has 1 nitrogen and oxygen atoms in total. The number of allylic oxidation sites excluding steroid dienone is 1. The highest BCUT2D eigenvalue weighted by Crippen LogP contribution is 2.28. The van der Waals surface area contributed by atoms with Crippen molar-refractivity contribution in [2.24, 2.45) is 5.92 Å². The molecule has 0 aromatic carbocycles. The maximum Gasteiger partial charge on any atom is 0.0453 e. The summed E-state index contributed by atoms with van der Waals surface area (Å²) in [7, 11) is 0. The van der Waals surface area contributed by atoms with Gasteiger partial charge in [0.05, 0.1) is 0 Å². The first-order valence-electron chi connectivity index (χ1n) is 6.59. The Bertz CT molecular complexity index is 455. The Balaban J connectivity index is 1.72. The Morgan fingerprint density at radius 2 is 2.33 bits per heavy atom. The average Bonchev–Trinajstić information content (AvgIpc) is 2.93. The lowest BCUT2D eigenvalue weighted by atomic mass is 9.99. The number of thiophene rings is 2. The Labute approximate surface area is 118 Å². The number of rotatable bonds is 8. The smallest absolute Gasteiger partial charge is 0.0453 e. The summed E-state index contributed by atoms with van der Waals surface area (Å²) in [5.41, 5.74) is 0. The van der Waals surface area contributed by atoms with E-state index in [0.29, 0.717) is 0 Å².